The lowest BCUT2D eigenvalue weighted by Crippen LogP contribution is -2.27. The van der Waals surface area contributed by atoms with Crippen LogP contribution in [0.5, 0.6) is 0 Å². The Morgan fingerprint density at radius 2 is 1.85 bits per heavy atom. The van der Waals surface area contributed by atoms with Gasteiger partial charge in [-0.05, 0) is 25.2 Å². The molecule has 1 aromatic heterocycles. The maximum Gasteiger partial charge on any atom is 0.171 e. The Balaban J connectivity index is 2.05. The lowest BCUT2D eigenvalue weighted by molar-refractivity contribution is 0.0491. The molecule has 3 heteroatoms. The van der Waals surface area contributed by atoms with Gasteiger partial charge in [-0.25, -0.2) is 0 Å². The summed E-state index contributed by atoms with van der Waals surface area (Å²) >= 11 is 0. The highest BCUT2D eigenvalue weighted by molar-refractivity contribution is 6.09. The smallest absolute Gasteiger partial charge is 0.171 e. The predicted molar refractivity (Wildman–Crippen MR) is 78.7 cm³/mol. The van der Waals surface area contributed by atoms with Crippen molar-refractivity contribution < 1.29 is 9.53 Å². The zero-order valence-electron chi connectivity index (χ0n) is 12.0. The molecule has 20 heavy (non-hydrogen) atoms. The zero-order chi connectivity index (χ0) is 14.3. The van der Waals surface area contributed by atoms with Crippen molar-refractivity contribution in [2.45, 2.75) is 33.0 Å². The van der Waals surface area contributed by atoms with Crippen LogP contribution in [0.3, 0.4) is 0 Å². The second-order valence-corrected chi connectivity index (χ2v) is 5.70. The van der Waals surface area contributed by atoms with Crippen LogP contribution in [0.25, 0.3) is 10.8 Å². The van der Waals surface area contributed by atoms with Gasteiger partial charge >= 0.3 is 0 Å². The number of ketones is 1. The van der Waals surface area contributed by atoms with E-state index >= 15 is 0 Å². The van der Waals surface area contributed by atoms with Gasteiger partial charge in [0.2, 0.25) is 0 Å². The highest BCUT2D eigenvalue weighted by Crippen LogP contribution is 2.35. The summed E-state index contributed by atoms with van der Waals surface area (Å²) in [6, 6.07) is 7.89. The van der Waals surface area contributed by atoms with E-state index in [1.165, 1.54) is 0 Å². The fourth-order valence-electron chi connectivity index (χ4n) is 3.21. The van der Waals surface area contributed by atoms with Gasteiger partial charge in [0.05, 0.1) is 18.1 Å². The van der Waals surface area contributed by atoms with Gasteiger partial charge in [0.1, 0.15) is 0 Å². The van der Waals surface area contributed by atoms with Crippen molar-refractivity contribution in [3.05, 3.63) is 42.2 Å². The largest absolute Gasteiger partial charge is 0.374 e. The van der Waals surface area contributed by atoms with E-state index in [0.29, 0.717) is 5.56 Å². The summed E-state index contributed by atoms with van der Waals surface area (Å²) in [5.74, 6) is 0.299. The van der Waals surface area contributed by atoms with E-state index in [4.69, 9.17) is 4.74 Å². The molecule has 0 radical (unpaired) electrons. The van der Waals surface area contributed by atoms with E-state index in [0.717, 1.165) is 10.8 Å². The monoisotopic (exact) mass is 269 g/mol. The van der Waals surface area contributed by atoms with E-state index in [1.807, 2.05) is 38.1 Å². The van der Waals surface area contributed by atoms with E-state index in [-0.39, 0.29) is 29.8 Å². The van der Waals surface area contributed by atoms with Gasteiger partial charge in [-0.1, -0.05) is 31.2 Å². The van der Waals surface area contributed by atoms with Crippen LogP contribution in [0.2, 0.25) is 0 Å². The molecule has 1 aromatic carbocycles. The average Bonchev–Trinajstić information content (AvgIpc) is 2.71. The molecule has 0 saturated carbocycles. The van der Waals surface area contributed by atoms with Crippen LogP contribution >= 0.6 is 0 Å². The van der Waals surface area contributed by atoms with Gasteiger partial charge < -0.3 is 4.74 Å². The number of ether oxygens (including phenoxy) is 1. The zero-order valence-corrected chi connectivity index (χ0v) is 12.0. The second kappa shape index (κ2) is 4.98. The maximum atomic E-state index is 12.9. The summed E-state index contributed by atoms with van der Waals surface area (Å²) in [4.78, 5) is 17.1. The van der Waals surface area contributed by atoms with Crippen LogP contribution in [-0.4, -0.2) is 23.0 Å². The molecule has 3 nitrogen and oxygen atoms in total. The van der Waals surface area contributed by atoms with Crippen molar-refractivity contribution in [1.82, 2.24) is 4.98 Å². The van der Waals surface area contributed by atoms with E-state index < -0.39 is 0 Å². The highest BCUT2D eigenvalue weighted by Gasteiger charge is 2.42. The maximum absolute atomic E-state index is 12.9. The van der Waals surface area contributed by atoms with Crippen molar-refractivity contribution in [1.29, 1.82) is 0 Å². The molecule has 1 aliphatic rings. The predicted octanol–water partition coefficient (Wildman–Crippen LogP) is 3.48. The molecule has 0 bridgehead atoms. The highest BCUT2D eigenvalue weighted by atomic mass is 16.5. The molecule has 2 heterocycles. The molecule has 1 fully saturated rings. The minimum Gasteiger partial charge on any atom is -0.374 e. The van der Waals surface area contributed by atoms with Gasteiger partial charge in [0.25, 0.3) is 0 Å². The van der Waals surface area contributed by atoms with E-state index in [1.54, 1.807) is 12.4 Å². The van der Waals surface area contributed by atoms with Crippen LogP contribution in [0.1, 0.15) is 31.1 Å². The third-order valence-electron chi connectivity index (χ3n) is 4.48. The Morgan fingerprint density at radius 1 is 1.10 bits per heavy atom. The fraction of sp³-hybridized carbons (Fsp3) is 0.412. The van der Waals surface area contributed by atoms with Crippen molar-refractivity contribution >= 4 is 16.6 Å². The van der Waals surface area contributed by atoms with Crippen LogP contribution in [-0.2, 0) is 4.74 Å². The second-order valence-electron chi connectivity index (χ2n) is 5.70. The Hall–Kier alpha value is -1.74. The average molecular weight is 269 g/mol. The number of carbonyl (C=O) groups is 1. The number of Topliss-reactive ketones (excluding diaryl/α,β-unsaturated/α-hetero) is 1. The van der Waals surface area contributed by atoms with Crippen molar-refractivity contribution in [3.8, 4) is 0 Å². The Labute approximate surface area is 119 Å². The first-order valence-corrected chi connectivity index (χ1v) is 7.12. The van der Waals surface area contributed by atoms with Crippen LogP contribution < -0.4 is 0 Å². The molecule has 2 aromatic rings. The quantitative estimate of drug-likeness (QED) is 0.784. The fourth-order valence-corrected chi connectivity index (χ4v) is 3.21. The SMILES string of the molecule is CC1OC(C)C(C(=O)c2cncc3ccccc23)C1C. The molecule has 4 atom stereocenters. The molecular formula is C17H19NO2. The number of benzene rings is 1. The number of hydrogen-bond donors (Lipinski definition) is 0. The molecule has 3 rings (SSSR count). The first-order valence-electron chi connectivity index (χ1n) is 7.12. The number of pyridine rings is 1. The van der Waals surface area contributed by atoms with Gasteiger partial charge in [-0.15, -0.1) is 0 Å². The number of hydrogen-bond acceptors (Lipinski definition) is 3. The molecule has 0 spiro atoms. The molecular weight excluding hydrogens is 250 g/mol. The normalized spacial score (nSPS) is 29.8. The van der Waals surface area contributed by atoms with Gasteiger partial charge in [-0.2, -0.15) is 0 Å². The number of fused-ring (bicyclic) bond motifs is 1. The summed E-state index contributed by atoms with van der Waals surface area (Å²) in [6.45, 7) is 6.12. The van der Waals surface area contributed by atoms with Crippen molar-refractivity contribution in [2.75, 3.05) is 0 Å². The van der Waals surface area contributed by atoms with Gasteiger partial charge in [-0.3, -0.25) is 9.78 Å². The van der Waals surface area contributed by atoms with Crippen LogP contribution in [0.15, 0.2) is 36.7 Å². The third-order valence-corrected chi connectivity index (χ3v) is 4.48. The first kappa shape index (κ1) is 13.3. The molecule has 0 N–H and O–H groups in total. The Bertz CT molecular complexity index is 647. The first-order chi connectivity index (χ1) is 9.59. The number of aromatic nitrogens is 1. The lowest BCUT2D eigenvalue weighted by Gasteiger charge is -2.17. The molecule has 1 saturated heterocycles. The number of carbonyl (C=O) groups excluding carboxylic acids is 1. The molecule has 4 unspecified atom stereocenters. The molecule has 0 amide bonds. The number of rotatable bonds is 2. The summed E-state index contributed by atoms with van der Waals surface area (Å²) in [7, 11) is 0. The van der Waals surface area contributed by atoms with Crippen molar-refractivity contribution in [2.24, 2.45) is 11.8 Å². The van der Waals surface area contributed by atoms with Crippen LogP contribution in [0, 0.1) is 11.8 Å². The Morgan fingerprint density at radius 3 is 2.55 bits per heavy atom. The third kappa shape index (κ3) is 2.02. The lowest BCUT2D eigenvalue weighted by atomic mass is 9.83. The van der Waals surface area contributed by atoms with Gasteiger partial charge in [0.15, 0.2) is 5.78 Å². The summed E-state index contributed by atoms with van der Waals surface area (Å²) in [5, 5.41) is 1.98. The number of nitrogens with zero attached hydrogens (tertiary/aromatic N) is 1. The minimum atomic E-state index is -0.0855. The minimum absolute atomic E-state index is 0.0357. The standard InChI is InChI=1S/C17H19NO2/c1-10-11(2)20-12(3)16(10)17(19)15-9-18-8-13-6-4-5-7-14(13)15/h4-12,16H,1-3H3. The van der Waals surface area contributed by atoms with E-state index in [9.17, 15) is 4.79 Å². The van der Waals surface area contributed by atoms with Gasteiger partial charge in [0, 0.05) is 23.3 Å². The topological polar surface area (TPSA) is 39.2 Å². The van der Waals surface area contributed by atoms with Crippen molar-refractivity contribution in [3.63, 3.8) is 0 Å². The summed E-state index contributed by atoms with van der Waals surface area (Å²) in [5.41, 5.74) is 0.713. The Kier molecular flexibility index (Phi) is 3.30. The molecule has 0 aliphatic carbocycles. The summed E-state index contributed by atoms with van der Waals surface area (Å²) in [6.07, 6.45) is 3.58. The van der Waals surface area contributed by atoms with Crippen LogP contribution in [0.4, 0.5) is 0 Å². The van der Waals surface area contributed by atoms with E-state index in [2.05, 4.69) is 11.9 Å². The molecule has 104 valence electrons. The summed E-state index contributed by atoms with van der Waals surface area (Å²) < 4.78 is 5.80. The molecule has 1 aliphatic heterocycles.